The van der Waals surface area contributed by atoms with Gasteiger partial charge in [0.2, 0.25) is 0 Å². The fourth-order valence-electron chi connectivity index (χ4n) is 1.33. The van der Waals surface area contributed by atoms with Gasteiger partial charge in [-0.25, -0.2) is 9.18 Å². The summed E-state index contributed by atoms with van der Waals surface area (Å²) in [6.45, 7) is 0. The Bertz CT molecular complexity index is 492. The number of aromatic nitrogens is 1. The number of anilines is 1. The molecule has 2 rings (SSSR count). The Balaban J connectivity index is 2.55. The molecule has 72 valence electrons. The molecular formula is C9H8FN3O. The second-order valence-corrected chi connectivity index (χ2v) is 2.88. The number of carbonyl (C=O) groups excluding carboxylic acids is 1. The van der Waals surface area contributed by atoms with E-state index in [1.165, 1.54) is 12.1 Å². The number of aromatic amines is 1. The zero-order chi connectivity index (χ0) is 10.1. The van der Waals surface area contributed by atoms with Gasteiger partial charge in [0, 0.05) is 17.1 Å². The van der Waals surface area contributed by atoms with E-state index in [1.54, 1.807) is 12.3 Å². The number of nitrogens with two attached hydrogens (primary N) is 1. The Kier molecular flexibility index (Phi) is 1.85. The molecule has 0 saturated heterocycles. The van der Waals surface area contributed by atoms with Crippen LogP contribution in [0.15, 0.2) is 24.4 Å². The average Bonchev–Trinajstić information content (AvgIpc) is 2.47. The van der Waals surface area contributed by atoms with Crippen molar-refractivity contribution in [1.29, 1.82) is 0 Å². The van der Waals surface area contributed by atoms with E-state index >= 15 is 0 Å². The van der Waals surface area contributed by atoms with Crippen LogP contribution in [-0.4, -0.2) is 11.0 Å². The molecule has 0 spiro atoms. The number of hydrogen-bond donors (Lipinski definition) is 3. The highest BCUT2D eigenvalue weighted by molar-refractivity contribution is 6.00. The summed E-state index contributed by atoms with van der Waals surface area (Å²) >= 11 is 0. The minimum Gasteiger partial charge on any atom is -0.359 e. The van der Waals surface area contributed by atoms with E-state index in [1.807, 2.05) is 0 Å². The first-order valence-corrected chi connectivity index (χ1v) is 4.00. The Labute approximate surface area is 78.9 Å². The van der Waals surface area contributed by atoms with E-state index in [0.717, 1.165) is 5.52 Å². The van der Waals surface area contributed by atoms with Gasteiger partial charge in [0.1, 0.15) is 5.82 Å². The molecule has 2 amide bonds. The van der Waals surface area contributed by atoms with Crippen LogP contribution in [0.3, 0.4) is 0 Å². The van der Waals surface area contributed by atoms with Crippen molar-refractivity contribution in [1.82, 2.24) is 4.98 Å². The summed E-state index contributed by atoms with van der Waals surface area (Å²) in [5.74, 6) is -0.357. The van der Waals surface area contributed by atoms with Crippen molar-refractivity contribution < 1.29 is 9.18 Å². The van der Waals surface area contributed by atoms with Crippen molar-refractivity contribution in [2.45, 2.75) is 0 Å². The largest absolute Gasteiger partial charge is 0.359 e. The Morgan fingerprint density at radius 1 is 1.50 bits per heavy atom. The average molecular weight is 193 g/mol. The summed E-state index contributed by atoms with van der Waals surface area (Å²) in [5.41, 5.74) is 6.18. The number of hydrogen-bond acceptors (Lipinski definition) is 1. The lowest BCUT2D eigenvalue weighted by atomic mass is 10.2. The van der Waals surface area contributed by atoms with Crippen molar-refractivity contribution in [3.8, 4) is 0 Å². The number of H-pyrrole nitrogens is 1. The molecule has 0 aliphatic heterocycles. The molecular weight excluding hydrogens is 185 g/mol. The molecule has 1 aromatic carbocycles. The summed E-state index contributed by atoms with van der Waals surface area (Å²) in [6.07, 6.45) is 1.56. The van der Waals surface area contributed by atoms with E-state index < -0.39 is 6.03 Å². The molecule has 1 heterocycles. The van der Waals surface area contributed by atoms with Crippen LogP contribution < -0.4 is 11.1 Å². The summed E-state index contributed by atoms with van der Waals surface area (Å²) in [7, 11) is 0. The predicted octanol–water partition coefficient (Wildman–Crippen LogP) is 1.80. The van der Waals surface area contributed by atoms with Gasteiger partial charge in [-0.3, -0.25) is 0 Å². The third-order valence-corrected chi connectivity index (χ3v) is 1.90. The lowest BCUT2D eigenvalue weighted by molar-refractivity contribution is 0.259. The van der Waals surface area contributed by atoms with Gasteiger partial charge in [0.15, 0.2) is 0 Å². The van der Waals surface area contributed by atoms with Gasteiger partial charge in [-0.2, -0.15) is 0 Å². The smallest absolute Gasteiger partial charge is 0.316 e. The molecule has 0 bridgehead atoms. The van der Waals surface area contributed by atoms with Crippen LogP contribution in [-0.2, 0) is 0 Å². The summed E-state index contributed by atoms with van der Waals surface area (Å²) in [5, 5.41) is 3.00. The fourth-order valence-corrected chi connectivity index (χ4v) is 1.33. The first kappa shape index (κ1) is 8.55. The van der Waals surface area contributed by atoms with Crippen LogP contribution >= 0.6 is 0 Å². The van der Waals surface area contributed by atoms with E-state index in [4.69, 9.17) is 5.73 Å². The van der Waals surface area contributed by atoms with Gasteiger partial charge in [0.05, 0.1) is 5.69 Å². The number of halogens is 1. The van der Waals surface area contributed by atoms with E-state index in [2.05, 4.69) is 10.3 Å². The highest BCUT2D eigenvalue weighted by Gasteiger charge is 2.05. The van der Waals surface area contributed by atoms with E-state index in [0.29, 0.717) is 11.1 Å². The molecule has 5 heteroatoms. The van der Waals surface area contributed by atoms with Crippen molar-refractivity contribution in [2.24, 2.45) is 5.73 Å². The molecule has 0 radical (unpaired) electrons. The Morgan fingerprint density at radius 2 is 2.29 bits per heavy atom. The summed E-state index contributed by atoms with van der Waals surface area (Å²) in [4.78, 5) is 13.5. The lowest BCUT2D eigenvalue weighted by Gasteiger charge is -1.98. The second-order valence-electron chi connectivity index (χ2n) is 2.88. The van der Waals surface area contributed by atoms with Gasteiger partial charge in [0.25, 0.3) is 0 Å². The minimum absolute atomic E-state index is 0.357. The molecule has 0 aliphatic rings. The monoisotopic (exact) mass is 193 g/mol. The Hall–Kier alpha value is -2.04. The highest BCUT2D eigenvalue weighted by atomic mass is 19.1. The van der Waals surface area contributed by atoms with Crippen molar-refractivity contribution in [2.75, 3.05) is 5.32 Å². The maximum absolute atomic E-state index is 12.9. The van der Waals surface area contributed by atoms with Gasteiger partial charge in [-0.15, -0.1) is 0 Å². The molecule has 1 aromatic heterocycles. The molecule has 0 aliphatic carbocycles. The number of amides is 2. The van der Waals surface area contributed by atoms with Gasteiger partial charge in [-0.05, 0) is 18.2 Å². The molecule has 14 heavy (non-hydrogen) atoms. The fraction of sp³-hybridized carbons (Fsp3) is 0. The Morgan fingerprint density at radius 3 is 3.00 bits per heavy atom. The predicted molar refractivity (Wildman–Crippen MR) is 51.5 cm³/mol. The normalized spacial score (nSPS) is 10.4. The summed E-state index contributed by atoms with van der Waals surface area (Å²) in [6, 6.07) is 3.59. The van der Waals surface area contributed by atoms with Gasteiger partial charge < -0.3 is 16.0 Å². The lowest BCUT2D eigenvalue weighted by Crippen LogP contribution is -2.18. The molecule has 0 atom stereocenters. The van der Waals surface area contributed by atoms with E-state index in [9.17, 15) is 9.18 Å². The molecule has 0 saturated carbocycles. The third-order valence-electron chi connectivity index (χ3n) is 1.90. The standard InChI is InChI=1S/C9H8FN3O/c10-5-1-2-7-6(3-5)8(4-12-7)13-9(11)14/h1-4,12H,(H3,11,13,14). The van der Waals surface area contributed by atoms with Gasteiger partial charge >= 0.3 is 6.03 Å². The zero-order valence-corrected chi connectivity index (χ0v) is 7.17. The van der Waals surface area contributed by atoms with E-state index in [-0.39, 0.29) is 5.82 Å². The molecule has 0 fully saturated rings. The third kappa shape index (κ3) is 1.39. The van der Waals surface area contributed by atoms with Crippen molar-refractivity contribution in [3.05, 3.63) is 30.2 Å². The number of primary amides is 1. The van der Waals surface area contributed by atoms with Crippen LogP contribution in [0.1, 0.15) is 0 Å². The minimum atomic E-state index is -0.671. The number of urea groups is 1. The maximum Gasteiger partial charge on any atom is 0.316 e. The molecule has 2 aromatic rings. The van der Waals surface area contributed by atoms with Crippen LogP contribution in [0.25, 0.3) is 10.9 Å². The summed E-state index contributed by atoms with van der Waals surface area (Å²) < 4.78 is 12.9. The number of carbonyl (C=O) groups is 1. The highest BCUT2D eigenvalue weighted by Crippen LogP contribution is 2.23. The SMILES string of the molecule is NC(=O)Nc1c[nH]c2ccc(F)cc12. The molecule has 4 nitrogen and oxygen atoms in total. The van der Waals surface area contributed by atoms with Crippen molar-refractivity contribution in [3.63, 3.8) is 0 Å². The number of nitrogens with one attached hydrogen (secondary N) is 2. The zero-order valence-electron chi connectivity index (χ0n) is 7.17. The first-order valence-electron chi connectivity index (χ1n) is 4.00. The molecule has 0 unspecified atom stereocenters. The molecule has 4 N–H and O–H groups in total. The van der Waals surface area contributed by atoms with Gasteiger partial charge in [-0.1, -0.05) is 0 Å². The van der Waals surface area contributed by atoms with Crippen LogP contribution in [0.5, 0.6) is 0 Å². The quantitative estimate of drug-likeness (QED) is 0.634. The number of fused-ring (bicyclic) bond motifs is 1. The second kappa shape index (κ2) is 3.02. The topological polar surface area (TPSA) is 70.9 Å². The first-order chi connectivity index (χ1) is 6.66. The van der Waals surface area contributed by atoms with Crippen LogP contribution in [0, 0.1) is 5.82 Å². The van der Waals surface area contributed by atoms with Crippen LogP contribution in [0.2, 0.25) is 0 Å². The number of rotatable bonds is 1. The van der Waals surface area contributed by atoms with Crippen LogP contribution in [0.4, 0.5) is 14.9 Å². The number of benzene rings is 1. The van der Waals surface area contributed by atoms with Crippen molar-refractivity contribution >= 4 is 22.6 Å². The maximum atomic E-state index is 12.9.